The van der Waals surface area contributed by atoms with Crippen LogP contribution in [0.1, 0.15) is 55.7 Å². The Kier molecular flexibility index (Phi) is 7.80. The molecule has 1 fully saturated rings. The lowest BCUT2D eigenvalue weighted by molar-refractivity contribution is 0.237. The summed E-state index contributed by atoms with van der Waals surface area (Å²) in [5.74, 6) is -0.318. The van der Waals surface area contributed by atoms with Crippen LogP contribution in [0.25, 0.3) is 0 Å². The van der Waals surface area contributed by atoms with E-state index in [9.17, 15) is 17.6 Å². The van der Waals surface area contributed by atoms with Gasteiger partial charge in [0.2, 0.25) is 0 Å². The first-order valence-electron chi connectivity index (χ1n) is 12.6. The Morgan fingerprint density at radius 2 is 1.58 bits per heavy atom. The van der Waals surface area contributed by atoms with Crippen molar-refractivity contribution in [3.05, 3.63) is 94.2 Å². The van der Waals surface area contributed by atoms with Gasteiger partial charge in [-0.3, -0.25) is 5.01 Å². The second-order valence-electron chi connectivity index (χ2n) is 9.58. The second kappa shape index (κ2) is 11.2. The SMILES string of the molecule is O=C(NC1CCCCC1)NS(=O)(=O)c1ccc(N2N=C(c3ccc(Br)cc3)CC2c2ccc(F)cc2)cc1. The normalized spacial score (nSPS) is 18.2. The third kappa shape index (κ3) is 6.07. The van der Waals surface area contributed by atoms with Crippen LogP contribution >= 0.6 is 15.9 Å². The average Bonchev–Trinajstić information content (AvgIpc) is 3.35. The molecule has 3 aromatic carbocycles. The number of sulfonamides is 1. The molecule has 1 aliphatic heterocycles. The van der Waals surface area contributed by atoms with Gasteiger partial charge < -0.3 is 5.32 Å². The first kappa shape index (κ1) is 26.4. The maximum Gasteiger partial charge on any atom is 0.328 e. The Bertz CT molecular complexity index is 1420. The molecule has 0 bridgehead atoms. The molecular weight excluding hydrogens is 571 g/mol. The Hall–Kier alpha value is -3.24. The predicted molar refractivity (Wildman–Crippen MR) is 149 cm³/mol. The van der Waals surface area contributed by atoms with Crippen molar-refractivity contribution in [1.82, 2.24) is 10.0 Å². The van der Waals surface area contributed by atoms with Crippen LogP contribution in [0.5, 0.6) is 0 Å². The zero-order valence-corrected chi connectivity index (χ0v) is 23.0. The standard InChI is InChI=1S/C28H28BrFN4O3S/c29-21-10-6-19(7-11-21)26-18-27(20-8-12-22(30)13-9-20)34(32-26)24-14-16-25(17-15-24)38(36,37)33-28(35)31-23-4-2-1-3-5-23/h6-17,23,27H,1-5,18H2,(H2,31,33,35). The Balaban J connectivity index is 1.37. The Morgan fingerprint density at radius 3 is 2.24 bits per heavy atom. The molecule has 38 heavy (non-hydrogen) atoms. The highest BCUT2D eigenvalue weighted by Crippen LogP contribution is 2.37. The first-order chi connectivity index (χ1) is 18.3. The minimum Gasteiger partial charge on any atom is -0.335 e. The monoisotopic (exact) mass is 598 g/mol. The number of hydrogen-bond acceptors (Lipinski definition) is 5. The molecule has 3 aromatic rings. The summed E-state index contributed by atoms with van der Waals surface area (Å²) in [5, 5.41) is 9.45. The van der Waals surface area contributed by atoms with E-state index in [2.05, 4.69) is 26.0 Å². The number of carbonyl (C=O) groups excluding carboxylic acids is 1. The van der Waals surface area contributed by atoms with Crippen LogP contribution in [-0.4, -0.2) is 26.2 Å². The zero-order valence-electron chi connectivity index (χ0n) is 20.6. The molecule has 0 radical (unpaired) electrons. The number of hydrazone groups is 1. The van der Waals surface area contributed by atoms with Crippen LogP contribution in [0.4, 0.5) is 14.9 Å². The largest absolute Gasteiger partial charge is 0.335 e. The van der Waals surface area contributed by atoms with E-state index in [0.717, 1.165) is 53.4 Å². The number of carbonyl (C=O) groups is 1. The predicted octanol–water partition coefficient (Wildman–Crippen LogP) is 6.26. The van der Waals surface area contributed by atoms with Gasteiger partial charge in [0.1, 0.15) is 5.82 Å². The van der Waals surface area contributed by atoms with E-state index >= 15 is 0 Å². The van der Waals surface area contributed by atoms with Crippen LogP contribution < -0.4 is 15.0 Å². The summed E-state index contributed by atoms with van der Waals surface area (Å²) in [7, 11) is -4.04. The molecule has 1 atom stereocenters. The summed E-state index contributed by atoms with van der Waals surface area (Å²) in [6.45, 7) is 0. The Labute approximate surface area is 230 Å². The number of nitrogens with one attached hydrogen (secondary N) is 2. The lowest BCUT2D eigenvalue weighted by Crippen LogP contribution is -2.45. The summed E-state index contributed by atoms with van der Waals surface area (Å²) in [4.78, 5) is 12.3. The van der Waals surface area contributed by atoms with Crippen molar-refractivity contribution in [1.29, 1.82) is 0 Å². The minimum absolute atomic E-state index is 0.00216. The van der Waals surface area contributed by atoms with Gasteiger partial charge in [-0.2, -0.15) is 5.10 Å². The highest BCUT2D eigenvalue weighted by Gasteiger charge is 2.30. The molecule has 0 spiro atoms. The molecule has 1 heterocycles. The van der Waals surface area contributed by atoms with Crippen LogP contribution in [0, 0.1) is 5.82 Å². The van der Waals surface area contributed by atoms with E-state index in [-0.39, 0.29) is 22.8 Å². The van der Waals surface area contributed by atoms with Gasteiger partial charge in [-0.25, -0.2) is 22.3 Å². The van der Waals surface area contributed by atoms with Gasteiger partial charge in [0.05, 0.1) is 22.3 Å². The molecule has 0 aromatic heterocycles. The van der Waals surface area contributed by atoms with Gasteiger partial charge in [0.15, 0.2) is 0 Å². The molecule has 1 saturated carbocycles. The van der Waals surface area contributed by atoms with Crippen molar-refractivity contribution in [3.8, 4) is 0 Å². The second-order valence-corrected chi connectivity index (χ2v) is 12.2. The highest BCUT2D eigenvalue weighted by atomic mass is 79.9. The lowest BCUT2D eigenvalue weighted by Gasteiger charge is -2.24. The van der Waals surface area contributed by atoms with Gasteiger partial charge in [0, 0.05) is 16.9 Å². The van der Waals surface area contributed by atoms with E-state index in [1.54, 1.807) is 24.3 Å². The van der Waals surface area contributed by atoms with Crippen molar-refractivity contribution in [2.45, 2.75) is 55.5 Å². The molecule has 1 aliphatic carbocycles. The van der Waals surface area contributed by atoms with E-state index in [0.29, 0.717) is 12.1 Å². The minimum atomic E-state index is -4.04. The number of halogens is 2. The van der Waals surface area contributed by atoms with Crippen molar-refractivity contribution in [2.24, 2.45) is 5.10 Å². The zero-order chi connectivity index (χ0) is 26.7. The number of anilines is 1. The van der Waals surface area contributed by atoms with Crippen LogP contribution in [0.3, 0.4) is 0 Å². The first-order valence-corrected chi connectivity index (χ1v) is 14.9. The average molecular weight is 600 g/mol. The number of rotatable bonds is 6. The number of benzene rings is 3. The lowest BCUT2D eigenvalue weighted by atomic mass is 9.96. The summed E-state index contributed by atoms with van der Waals surface area (Å²) < 4.78 is 42.4. The topological polar surface area (TPSA) is 90.9 Å². The molecular formula is C28H28BrFN4O3S. The van der Waals surface area contributed by atoms with Crippen molar-refractivity contribution in [2.75, 3.05) is 5.01 Å². The highest BCUT2D eigenvalue weighted by molar-refractivity contribution is 9.10. The summed E-state index contributed by atoms with van der Waals surface area (Å²) >= 11 is 3.46. The van der Waals surface area contributed by atoms with E-state index < -0.39 is 16.1 Å². The van der Waals surface area contributed by atoms with E-state index in [1.165, 1.54) is 24.3 Å². The van der Waals surface area contributed by atoms with Gasteiger partial charge in [-0.05, 0) is 72.5 Å². The van der Waals surface area contributed by atoms with E-state index in [4.69, 9.17) is 5.10 Å². The van der Waals surface area contributed by atoms with Crippen LogP contribution in [0.2, 0.25) is 0 Å². The Morgan fingerprint density at radius 1 is 0.921 bits per heavy atom. The fourth-order valence-corrected chi connectivity index (χ4v) is 6.11. The van der Waals surface area contributed by atoms with Crippen LogP contribution in [-0.2, 0) is 10.0 Å². The van der Waals surface area contributed by atoms with E-state index in [1.807, 2.05) is 29.3 Å². The molecule has 1 unspecified atom stereocenters. The fraction of sp³-hybridized carbons (Fsp3) is 0.286. The smallest absolute Gasteiger partial charge is 0.328 e. The van der Waals surface area contributed by atoms with Gasteiger partial charge in [-0.15, -0.1) is 0 Å². The van der Waals surface area contributed by atoms with Gasteiger partial charge in [-0.1, -0.05) is 59.5 Å². The van der Waals surface area contributed by atoms with Crippen LogP contribution in [0.15, 0.2) is 87.3 Å². The molecule has 0 saturated heterocycles. The molecule has 5 rings (SSSR count). The summed E-state index contributed by atoms with van der Waals surface area (Å²) in [6, 6.07) is 19.5. The summed E-state index contributed by atoms with van der Waals surface area (Å²) in [6.07, 6.45) is 5.50. The van der Waals surface area contributed by atoms with Gasteiger partial charge >= 0.3 is 6.03 Å². The summed E-state index contributed by atoms with van der Waals surface area (Å²) in [5.41, 5.74) is 3.40. The molecule has 10 heteroatoms. The van der Waals surface area contributed by atoms with Crippen molar-refractivity contribution in [3.63, 3.8) is 0 Å². The molecule has 198 valence electrons. The quantitative estimate of drug-likeness (QED) is 0.350. The maximum absolute atomic E-state index is 13.6. The van der Waals surface area contributed by atoms with Gasteiger partial charge in [0.25, 0.3) is 10.0 Å². The number of hydrogen-bond donors (Lipinski definition) is 2. The van der Waals surface area contributed by atoms with Crippen molar-refractivity contribution < 1.29 is 17.6 Å². The number of nitrogens with zero attached hydrogens (tertiary/aromatic N) is 2. The fourth-order valence-electron chi connectivity index (χ4n) is 4.93. The molecule has 7 nitrogen and oxygen atoms in total. The third-order valence-electron chi connectivity index (χ3n) is 6.92. The molecule has 2 aliphatic rings. The number of amides is 2. The molecule has 2 amide bonds. The van der Waals surface area contributed by atoms with Crippen molar-refractivity contribution >= 4 is 43.4 Å². The third-order valence-corrected chi connectivity index (χ3v) is 8.80. The molecule has 2 N–H and O–H groups in total. The number of urea groups is 1. The maximum atomic E-state index is 13.6.